The Morgan fingerprint density at radius 3 is 2.33 bits per heavy atom. The van der Waals surface area contributed by atoms with Gasteiger partial charge < -0.3 is 5.73 Å². The minimum atomic E-state index is 0.760. The van der Waals surface area contributed by atoms with Crippen molar-refractivity contribution in [2.24, 2.45) is 29.4 Å². The van der Waals surface area contributed by atoms with Gasteiger partial charge in [-0.1, -0.05) is 40.0 Å². The van der Waals surface area contributed by atoms with Gasteiger partial charge in [0.2, 0.25) is 0 Å². The van der Waals surface area contributed by atoms with E-state index in [2.05, 4.69) is 25.7 Å². The summed E-state index contributed by atoms with van der Waals surface area (Å²) in [5.41, 5.74) is 6.02. The second-order valence-electron chi connectivity index (χ2n) is 6.94. The van der Waals surface area contributed by atoms with Gasteiger partial charge in [-0.25, -0.2) is 0 Å². The highest BCUT2D eigenvalue weighted by atomic mass is 15.2. The molecule has 1 saturated heterocycles. The smallest absolute Gasteiger partial charge is 0.0138 e. The van der Waals surface area contributed by atoms with Gasteiger partial charge in [0.25, 0.3) is 0 Å². The standard InChI is InChI=1S/C16H32N2/c1-4-5-14-6-7-15(9-17)16(8-14)18-10-12(2)13(3)11-18/h12-16H,4-11,17H2,1-3H3. The lowest BCUT2D eigenvalue weighted by molar-refractivity contribution is 0.0944. The molecular weight excluding hydrogens is 220 g/mol. The van der Waals surface area contributed by atoms with Crippen molar-refractivity contribution in [1.82, 2.24) is 4.90 Å². The van der Waals surface area contributed by atoms with Crippen LogP contribution in [0.3, 0.4) is 0 Å². The van der Waals surface area contributed by atoms with Crippen molar-refractivity contribution in [2.75, 3.05) is 19.6 Å². The normalized spacial score (nSPS) is 42.3. The monoisotopic (exact) mass is 252 g/mol. The molecule has 1 heterocycles. The summed E-state index contributed by atoms with van der Waals surface area (Å²) in [6.07, 6.45) is 6.97. The lowest BCUT2D eigenvalue weighted by Crippen LogP contribution is -2.46. The number of likely N-dealkylation sites (tertiary alicyclic amines) is 1. The Morgan fingerprint density at radius 2 is 1.78 bits per heavy atom. The Bertz CT molecular complexity index is 243. The lowest BCUT2D eigenvalue weighted by atomic mass is 9.76. The molecule has 0 aromatic carbocycles. The molecule has 106 valence electrons. The van der Waals surface area contributed by atoms with Gasteiger partial charge in [-0.3, -0.25) is 4.90 Å². The molecule has 0 aromatic heterocycles. The van der Waals surface area contributed by atoms with Crippen LogP contribution in [0.4, 0.5) is 0 Å². The van der Waals surface area contributed by atoms with Gasteiger partial charge in [0, 0.05) is 19.1 Å². The number of rotatable bonds is 4. The molecule has 2 aliphatic rings. The van der Waals surface area contributed by atoms with E-state index < -0.39 is 0 Å². The second-order valence-corrected chi connectivity index (χ2v) is 6.94. The predicted molar refractivity (Wildman–Crippen MR) is 78.5 cm³/mol. The fourth-order valence-corrected chi connectivity index (χ4v) is 4.13. The quantitative estimate of drug-likeness (QED) is 0.833. The number of nitrogens with two attached hydrogens (primary N) is 1. The van der Waals surface area contributed by atoms with Crippen molar-refractivity contribution in [3.63, 3.8) is 0 Å². The molecule has 1 saturated carbocycles. The molecule has 2 N–H and O–H groups in total. The summed E-state index contributed by atoms with van der Waals surface area (Å²) in [7, 11) is 0. The zero-order valence-electron chi connectivity index (χ0n) is 12.6. The van der Waals surface area contributed by atoms with Crippen LogP contribution in [0.25, 0.3) is 0 Å². The molecular formula is C16H32N2. The highest BCUT2D eigenvalue weighted by Crippen LogP contribution is 2.37. The maximum atomic E-state index is 6.02. The maximum absolute atomic E-state index is 6.02. The van der Waals surface area contributed by atoms with E-state index >= 15 is 0 Å². The largest absolute Gasteiger partial charge is 0.330 e. The summed E-state index contributed by atoms with van der Waals surface area (Å²) in [5.74, 6) is 3.47. The van der Waals surface area contributed by atoms with Gasteiger partial charge in [-0.15, -0.1) is 0 Å². The van der Waals surface area contributed by atoms with Crippen LogP contribution in [0.1, 0.15) is 52.9 Å². The van der Waals surface area contributed by atoms with Crippen LogP contribution >= 0.6 is 0 Å². The number of hydrogen-bond donors (Lipinski definition) is 1. The Labute approximate surface area is 113 Å². The summed E-state index contributed by atoms with van der Waals surface area (Å²) in [6, 6.07) is 0.785. The van der Waals surface area contributed by atoms with Gasteiger partial charge in [0.15, 0.2) is 0 Å². The van der Waals surface area contributed by atoms with E-state index in [-0.39, 0.29) is 0 Å². The van der Waals surface area contributed by atoms with Crippen molar-refractivity contribution in [3.8, 4) is 0 Å². The van der Waals surface area contributed by atoms with Gasteiger partial charge >= 0.3 is 0 Å². The minimum Gasteiger partial charge on any atom is -0.330 e. The first-order valence-electron chi connectivity index (χ1n) is 8.09. The van der Waals surface area contributed by atoms with Crippen molar-refractivity contribution < 1.29 is 0 Å². The first kappa shape index (κ1) is 14.3. The Hall–Kier alpha value is -0.0800. The van der Waals surface area contributed by atoms with Crippen LogP contribution in [0.5, 0.6) is 0 Å². The summed E-state index contributed by atoms with van der Waals surface area (Å²) in [4.78, 5) is 2.77. The second kappa shape index (κ2) is 6.38. The molecule has 18 heavy (non-hydrogen) atoms. The molecule has 5 atom stereocenters. The Kier molecular flexibility index (Phi) is 5.08. The van der Waals surface area contributed by atoms with Crippen LogP contribution in [0, 0.1) is 23.7 Å². The number of nitrogens with zero attached hydrogens (tertiary/aromatic N) is 1. The molecule has 2 fully saturated rings. The maximum Gasteiger partial charge on any atom is 0.0138 e. The van der Waals surface area contributed by atoms with Crippen LogP contribution in [0.15, 0.2) is 0 Å². The molecule has 1 aliphatic heterocycles. The summed E-state index contributed by atoms with van der Waals surface area (Å²) < 4.78 is 0. The molecule has 1 aliphatic carbocycles. The molecule has 0 spiro atoms. The van der Waals surface area contributed by atoms with Crippen LogP contribution in [-0.2, 0) is 0 Å². The molecule has 0 bridgehead atoms. The average molecular weight is 252 g/mol. The Morgan fingerprint density at radius 1 is 1.11 bits per heavy atom. The lowest BCUT2D eigenvalue weighted by Gasteiger charge is -2.41. The highest BCUT2D eigenvalue weighted by Gasteiger charge is 2.37. The van der Waals surface area contributed by atoms with Crippen molar-refractivity contribution in [3.05, 3.63) is 0 Å². The summed E-state index contributed by atoms with van der Waals surface area (Å²) >= 11 is 0. The van der Waals surface area contributed by atoms with Crippen molar-refractivity contribution in [2.45, 2.75) is 58.9 Å². The van der Waals surface area contributed by atoms with Crippen molar-refractivity contribution >= 4 is 0 Å². The van der Waals surface area contributed by atoms with E-state index in [0.717, 1.165) is 36.3 Å². The van der Waals surface area contributed by atoms with E-state index in [4.69, 9.17) is 5.73 Å². The van der Waals surface area contributed by atoms with Gasteiger partial charge in [0.1, 0.15) is 0 Å². The third-order valence-electron chi connectivity index (χ3n) is 5.55. The molecule has 2 nitrogen and oxygen atoms in total. The van der Waals surface area contributed by atoms with E-state index in [9.17, 15) is 0 Å². The first-order valence-corrected chi connectivity index (χ1v) is 8.09. The SMILES string of the molecule is CCCC1CCC(CN)C(N2CC(C)C(C)C2)C1. The summed E-state index contributed by atoms with van der Waals surface area (Å²) in [5, 5.41) is 0. The fraction of sp³-hybridized carbons (Fsp3) is 1.00. The molecule has 0 aromatic rings. The van der Waals surface area contributed by atoms with E-state index in [1.54, 1.807) is 0 Å². The van der Waals surface area contributed by atoms with E-state index in [1.165, 1.54) is 45.2 Å². The van der Waals surface area contributed by atoms with Gasteiger partial charge in [-0.2, -0.15) is 0 Å². The van der Waals surface area contributed by atoms with Crippen LogP contribution < -0.4 is 5.73 Å². The van der Waals surface area contributed by atoms with Gasteiger partial charge in [0.05, 0.1) is 0 Å². The molecule has 5 unspecified atom stereocenters. The third-order valence-corrected chi connectivity index (χ3v) is 5.55. The molecule has 2 heteroatoms. The average Bonchev–Trinajstić information content (AvgIpc) is 2.70. The predicted octanol–water partition coefficient (Wildman–Crippen LogP) is 3.12. The minimum absolute atomic E-state index is 0.760. The Balaban J connectivity index is 1.98. The van der Waals surface area contributed by atoms with E-state index in [1.807, 2.05) is 0 Å². The topological polar surface area (TPSA) is 29.3 Å². The molecule has 2 rings (SSSR count). The summed E-state index contributed by atoms with van der Waals surface area (Å²) in [6.45, 7) is 10.7. The third kappa shape index (κ3) is 3.08. The zero-order chi connectivity index (χ0) is 13.1. The number of hydrogen-bond acceptors (Lipinski definition) is 2. The zero-order valence-corrected chi connectivity index (χ0v) is 12.6. The first-order chi connectivity index (χ1) is 8.65. The van der Waals surface area contributed by atoms with Crippen molar-refractivity contribution in [1.29, 1.82) is 0 Å². The molecule has 0 amide bonds. The van der Waals surface area contributed by atoms with E-state index in [0.29, 0.717) is 0 Å². The van der Waals surface area contributed by atoms with Crippen LogP contribution in [0.2, 0.25) is 0 Å². The van der Waals surface area contributed by atoms with Gasteiger partial charge in [-0.05, 0) is 43.1 Å². The highest BCUT2D eigenvalue weighted by molar-refractivity contribution is 4.91. The fourth-order valence-electron chi connectivity index (χ4n) is 4.13. The molecule has 0 radical (unpaired) electrons. The van der Waals surface area contributed by atoms with Crippen LogP contribution in [-0.4, -0.2) is 30.6 Å².